The van der Waals surface area contributed by atoms with Crippen molar-refractivity contribution >= 4 is 27.5 Å². The molecule has 2 amide bonds. The number of ether oxygens (including phenoxy) is 1. The molecule has 1 N–H and O–H groups in total. The van der Waals surface area contributed by atoms with Gasteiger partial charge in [0.1, 0.15) is 5.75 Å². The highest BCUT2D eigenvalue weighted by molar-refractivity contribution is 7.90. The second-order valence-corrected chi connectivity index (χ2v) is 13.2. The third-order valence-corrected chi connectivity index (χ3v) is 9.02. The smallest absolute Gasteiger partial charge is 0.416 e. The Morgan fingerprint density at radius 3 is 2.20 bits per heavy atom. The van der Waals surface area contributed by atoms with Crippen LogP contribution in [0.1, 0.15) is 39.6 Å². The normalized spacial score (nSPS) is 14.1. The number of carbonyl (C=O) groups excluding carboxylic acids is 2. The van der Waals surface area contributed by atoms with E-state index < -0.39 is 51.9 Å². The molecule has 50 heavy (non-hydrogen) atoms. The van der Waals surface area contributed by atoms with E-state index in [9.17, 15) is 44.3 Å². The maximum atomic E-state index is 14.0. The fourth-order valence-corrected chi connectivity index (χ4v) is 6.25. The first-order chi connectivity index (χ1) is 23.5. The van der Waals surface area contributed by atoms with Crippen molar-refractivity contribution in [1.82, 2.24) is 19.4 Å². The molecule has 1 aliphatic heterocycles. The summed E-state index contributed by atoms with van der Waals surface area (Å²) >= 11 is 0. The van der Waals surface area contributed by atoms with Crippen LogP contribution in [-0.4, -0.2) is 79.6 Å². The first kappa shape index (κ1) is 36.2. The Labute approximate surface area is 283 Å². The number of nitrogens with one attached hydrogen (secondary N) is 1. The van der Waals surface area contributed by atoms with E-state index in [-0.39, 0.29) is 43.0 Å². The molecule has 266 valence electrons. The molecule has 4 aromatic rings. The summed E-state index contributed by atoms with van der Waals surface area (Å²) in [6.45, 7) is 3.21. The predicted molar refractivity (Wildman–Crippen MR) is 172 cm³/mol. The molecule has 1 aromatic heterocycles. The molecule has 17 heteroatoms. The summed E-state index contributed by atoms with van der Waals surface area (Å²) in [7, 11) is -4.51. The lowest BCUT2D eigenvalue weighted by Gasteiger charge is -2.36. The molecule has 5 rings (SSSR count). The SMILES string of the molecule is CCOc1cccc(-c2cnn(-c3cc(C(=O)N4CCN(c5ccc(C(=O)NS(=O)(=O)CCC(F)(F)F)cc5)CC4)cc(C(F)(F)F)c3)c2)c1. The van der Waals surface area contributed by atoms with Crippen molar-refractivity contribution in [3.63, 3.8) is 0 Å². The summed E-state index contributed by atoms with van der Waals surface area (Å²) in [6.07, 6.45) is -7.97. The number of alkyl halides is 6. The third kappa shape index (κ3) is 9.13. The van der Waals surface area contributed by atoms with Crippen LogP contribution in [0, 0.1) is 0 Å². The van der Waals surface area contributed by atoms with E-state index in [0.717, 1.165) is 17.7 Å². The molecule has 1 saturated heterocycles. The molecule has 0 radical (unpaired) electrons. The van der Waals surface area contributed by atoms with Gasteiger partial charge >= 0.3 is 12.4 Å². The summed E-state index contributed by atoms with van der Waals surface area (Å²) in [6, 6.07) is 15.9. The molecule has 1 aliphatic rings. The van der Waals surface area contributed by atoms with E-state index in [1.807, 2.05) is 17.9 Å². The Bertz CT molecular complexity index is 1950. The number of rotatable bonds is 10. The van der Waals surface area contributed by atoms with Gasteiger partial charge in [-0.3, -0.25) is 9.59 Å². The van der Waals surface area contributed by atoms with Crippen LogP contribution in [0.2, 0.25) is 0 Å². The monoisotopic (exact) mass is 723 g/mol. The van der Waals surface area contributed by atoms with Gasteiger partial charge in [-0.15, -0.1) is 0 Å². The van der Waals surface area contributed by atoms with Crippen molar-refractivity contribution in [2.75, 3.05) is 43.4 Å². The van der Waals surface area contributed by atoms with Gasteiger partial charge in [-0.1, -0.05) is 12.1 Å². The van der Waals surface area contributed by atoms with Crippen molar-refractivity contribution in [2.24, 2.45) is 0 Å². The Kier molecular flexibility index (Phi) is 10.5. The molecule has 0 atom stereocenters. The zero-order valence-electron chi connectivity index (χ0n) is 26.5. The fraction of sp³-hybridized carbons (Fsp3) is 0.303. The molecule has 0 unspecified atom stereocenters. The number of sulfonamides is 1. The summed E-state index contributed by atoms with van der Waals surface area (Å²) in [4.78, 5) is 29.1. The van der Waals surface area contributed by atoms with E-state index in [4.69, 9.17) is 4.74 Å². The fourth-order valence-electron chi connectivity index (χ4n) is 5.25. The Hall–Kier alpha value is -5.06. The van der Waals surface area contributed by atoms with Crippen molar-refractivity contribution in [3.05, 3.63) is 95.8 Å². The number of benzene rings is 3. The zero-order valence-corrected chi connectivity index (χ0v) is 27.3. The van der Waals surface area contributed by atoms with E-state index >= 15 is 0 Å². The number of hydrogen-bond acceptors (Lipinski definition) is 7. The molecule has 0 saturated carbocycles. The zero-order chi connectivity index (χ0) is 36.3. The second kappa shape index (κ2) is 14.4. The molecular weight excluding hydrogens is 692 g/mol. The molecule has 0 bridgehead atoms. The van der Waals surface area contributed by atoms with E-state index in [1.54, 1.807) is 29.1 Å². The molecule has 10 nitrogen and oxygen atoms in total. The van der Waals surface area contributed by atoms with Crippen LogP contribution >= 0.6 is 0 Å². The number of carbonyl (C=O) groups is 2. The predicted octanol–water partition coefficient (Wildman–Crippen LogP) is 5.93. The van der Waals surface area contributed by atoms with Gasteiger partial charge in [0.25, 0.3) is 11.8 Å². The average Bonchev–Trinajstić information content (AvgIpc) is 3.57. The van der Waals surface area contributed by atoms with Gasteiger partial charge < -0.3 is 14.5 Å². The lowest BCUT2D eigenvalue weighted by atomic mass is 10.1. The van der Waals surface area contributed by atoms with Gasteiger partial charge in [-0.05, 0) is 67.1 Å². The minimum atomic E-state index is -4.73. The number of hydrogen-bond donors (Lipinski definition) is 1. The molecule has 2 heterocycles. The van der Waals surface area contributed by atoms with Gasteiger partial charge in [0.2, 0.25) is 10.0 Å². The lowest BCUT2D eigenvalue weighted by Crippen LogP contribution is -2.48. The lowest BCUT2D eigenvalue weighted by molar-refractivity contribution is -0.137. The number of aromatic nitrogens is 2. The highest BCUT2D eigenvalue weighted by Crippen LogP contribution is 2.33. The quantitative estimate of drug-likeness (QED) is 0.202. The highest BCUT2D eigenvalue weighted by atomic mass is 32.2. The average molecular weight is 724 g/mol. The summed E-state index contributed by atoms with van der Waals surface area (Å²) in [5.74, 6) is -2.35. The van der Waals surface area contributed by atoms with Crippen molar-refractivity contribution < 1.29 is 49.1 Å². The van der Waals surface area contributed by atoms with E-state index in [2.05, 4.69) is 5.10 Å². The maximum Gasteiger partial charge on any atom is 0.416 e. The van der Waals surface area contributed by atoms with Crippen molar-refractivity contribution in [3.8, 4) is 22.6 Å². The number of piperazine rings is 1. The number of nitrogens with zero attached hydrogens (tertiary/aromatic N) is 4. The minimum absolute atomic E-state index is 0.0475. The highest BCUT2D eigenvalue weighted by Gasteiger charge is 2.34. The van der Waals surface area contributed by atoms with Crippen LogP contribution in [0.4, 0.5) is 32.0 Å². The Morgan fingerprint density at radius 1 is 0.860 bits per heavy atom. The van der Waals surface area contributed by atoms with Gasteiger partial charge in [0, 0.05) is 54.8 Å². The number of amides is 2. The topological polar surface area (TPSA) is 114 Å². The molecular formula is C33H31F6N5O5S. The minimum Gasteiger partial charge on any atom is -0.494 e. The van der Waals surface area contributed by atoms with E-state index in [0.29, 0.717) is 23.6 Å². The number of anilines is 1. The van der Waals surface area contributed by atoms with Crippen molar-refractivity contribution in [2.45, 2.75) is 25.7 Å². The van der Waals surface area contributed by atoms with Gasteiger partial charge in [0.15, 0.2) is 0 Å². The van der Waals surface area contributed by atoms with Crippen LogP contribution in [0.5, 0.6) is 5.75 Å². The Morgan fingerprint density at radius 2 is 1.56 bits per heavy atom. The first-order valence-electron chi connectivity index (χ1n) is 15.3. The van der Waals surface area contributed by atoms with Crippen LogP contribution in [-0.2, 0) is 16.2 Å². The third-order valence-electron chi connectivity index (χ3n) is 7.78. The van der Waals surface area contributed by atoms with E-state index in [1.165, 1.54) is 46.1 Å². The summed E-state index contributed by atoms with van der Waals surface area (Å²) < 4.78 is 111. The van der Waals surface area contributed by atoms with Crippen molar-refractivity contribution in [1.29, 1.82) is 0 Å². The molecule has 3 aromatic carbocycles. The molecule has 1 fully saturated rings. The second-order valence-electron chi connectivity index (χ2n) is 11.3. The summed E-state index contributed by atoms with van der Waals surface area (Å²) in [5, 5.41) is 4.25. The standard InChI is InChI=1S/C33H31F6N5O5S/c1-2-49-29-5-3-4-23(18-29)25-20-40-44(21-25)28-17-24(16-26(19-28)33(37,38)39)31(46)43-13-11-42(12-14-43)27-8-6-22(7-9-27)30(45)41-50(47,48)15-10-32(34,35)36/h3-9,16-21H,2,10-15H2,1H3,(H,41,45). The maximum absolute atomic E-state index is 14.0. The van der Waals surface area contributed by atoms with Crippen LogP contribution in [0.25, 0.3) is 16.8 Å². The Balaban J connectivity index is 1.26. The summed E-state index contributed by atoms with van der Waals surface area (Å²) in [5.41, 5.74) is 0.759. The molecule has 0 spiro atoms. The van der Waals surface area contributed by atoms with Crippen LogP contribution < -0.4 is 14.4 Å². The largest absolute Gasteiger partial charge is 0.494 e. The molecule has 0 aliphatic carbocycles. The van der Waals surface area contributed by atoms with Crippen LogP contribution in [0.3, 0.4) is 0 Å². The first-order valence-corrected chi connectivity index (χ1v) is 16.9. The number of halogens is 6. The van der Waals surface area contributed by atoms with Gasteiger partial charge in [-0.25, -0.2) is 17.8 Å². The van der Waals surface area contributed by atoms with Gasteiger partial charge in [0.05, 0.1) is 36.2 Å². The van der Waals surface area contributed by atoms with Gasteiger partial charge in [-0.2, -0.15) is 31.4 Å². The van der Waals surface area contributed by atoms with Crippen LogP contribution in [0.15, 0.2) is 79.1 Å².